The molecule has 156 valence electrons. The summed E-state index contributed by atoms with van der Waals surface area (Å²) in [5.41, 5.74) is 0.634. The van der Waals surface area contributed by atoms with Crippen LogP contribution in [0.1, 0.15) is 23.3 Å². The van der Waals surface area contributed by atoms with Crippen molar-refractivity contribution in [3.63, 3.8) is 0 Å². The fourth-order valence-corrected chi connectivity index (χ4v) is 4.93. The highest BCUT2D eigenvalue weighted by Gasteiger charge is 2.33. The Labute approximate surface area is 166 Å². The summed E-state index contributed by atoms with van der Waals surface area (Å²) < 4.78 is 76.8. The second-order valence-corrected chi connectivity index (χ2v) is 9.14. The lowest BCUT2D eigenvalue weighted by Crippen LogP contribution is -2.42. The van der Waals surface area contributed by atoms with E-state index >= 15 is 0 Å². The highest BCUT2D eigenvalue weighted by Crippen LogP contribution is 2.45. The minimum atomic E-state index is -4.47. The van der Waals surface area contributed by atoms with Crippen LogP contribution in [-0.4, -0.2) is 39.0 Å². The SMILES string of the molecule is CC(c1ccc2c(c1)Nc1ccc(C(F)(F)F)cc1O2)S(=O)(=O)N1CCOCC1. The number of hydrogen-bond donors (Lipinski definition) is 1. The van der Waals surface area contributed by atoms with Gasteiger partial charge in [-0.25, -0.2) is 8.42 Å². The zero-order valence-electron chi connectivity index (χ0n) is 15.5. The van der Waals surface area contributed by atoms with E-state index in [0.717, 1.165) is 12.1 Å². The van der Waals surface area contributed by atoms with E-state index < -0.39 is 27.0 Å². The summed E-state index contributed by atoms with van der Waals surface area (Å²) in [6.45, 7) is 2.96. The Morgan fingerprint density at radius 3 is 2.45 bits per heavy atom. The molecule has 10 heteroatoms. The van der Waals surface area contributed by atoms with Crippen LogP contribution in [0.25, 0.3) is 0 Å². The number of rotatable bonds is 3. The van der Waals surface area contributed by atoms with E-state index in [9.17, 15) is 21.6 Å². The first kappa shape index (κ1) is 20.0. The van der Waals surface area contributed by atoms with Crippen molar-refractivity contribution in [1.29, 1.82) is 0 Å². The maximum Gasteiger partial charge on any atom is 0.416 e. The highest BCUT2D eigenvalue weighted by atomic mass is 32.2. The Morgan fingerprint density at radius 1 is 1.03 bits per heavy atom. The van der Waals surface area contributed by atoms with E-state index in [0.29, 0.717) is 49.0 Å². The zero-order chi connectivity index (χ0) is 20.8. The van der Waals surface area contributed by atoms with Gasteiger partial charge in [-0.05, 0) is 42.8 Å². The standard InChI is InChI=1S/C19H19F3N2O4S/c1-12(29(25,26)24-6-8-27-9-7-24)13-2-5-17-16(10-13)23-15-4-3-14(19(20,21)22)11-18(15)28-17/h2-5,10-12,23H,6-9H2,1H3. The van der Waals surface area contributed by atoms with Crippen molar-refractivity contribution in [3.8, 4) is 11.5 Å². The number of alkyl halides is 3. The Bertz CT molecular complexity index is 1030. The van der Waals surface area contributed by atoms with E-state index in [4.69, 9.17) is 9.47 Å². The second kappa shape index (κ2) is 7.19. The van der Waals surface area contributed by atoms with Crippen LogP contribution in [0.2, 0.25) is 0 Å². The molecular formula is C19H19F3N2O4S. The third-order valence-electron chi connectivity index (χ3n) is 5.05. The molecule has 0 saturated carbocycles. The molecule has 4 rings (SSSR count). The average Bonchev–Trinajstić information content (AvgIpc) is 2.70. The van der Waals surface area contributed by atoms with Gasteiger partial charge in [0, 0.05) is 13.1 Å². The third kappa shape index (κ3) is 3.79. The number of benzene rings is 2. The molecule has 1 fully saturated rings. The van der Waals surface area contributed by atoms with E-state index in [2.05, 4.69) is 5.32 Å². The molecule has 1 saturated heterocycles. The smallest absolute Gasteiger partial charge is 0.416 e. The van der Waals surface area contributed by atoms with Crippen molar-refractivity contribution in [2.24, 2.45) is 0 Å². The van der Waals surface area contributed by atoms with Gasteiger partial charge in [0.25, 0.3) is 0 Å². The summed E-state index contributed by atoms with van der Waals surface area (Å²) in [6, 6.07) is 8.02. The minimum Gasteiger partial charge on any atom is -0.453 e. The van der Waals surface area contributed by atoms with E-state index in [1.807, 2.05) is 0 Å². The van der Waals surface area contributed by atoms with Gasteiger partial charge in [0.05, 0.1) is 35.4 Å². The highest BCUT2D eigenvalue weighted by molar-refractivity contribution is 7.89. The molecule has 6 nitrogen and oxygen atoms in total. The van der Waals surface area contributed by atoms with Crippen LogP contribution in [0.4, 0.5) is 24.5 Å². The van der Waals surface area contributed by atoms with Crippen LogP contribution in [0, 0.1) is 0 Å². The van der Waals surface area contributed by atoms with Gasteiger partial charge in [-0.3, -0.25) is 0 Å². The fraction of sp³-hybridized carbons (Fsp3) is 0.368. The van der Waals surface area contributed by atoms with Crippen molar-refractivity contribution >= 4 is 21.4 Å². The third-order valence-corrected chi connectivity index (χ3v) is 7.30. The van der Waals surface area contributed by atoms with Gasteiger partial charge in [-0.15, -0.1) is 0 Å². The molecule has 2 aromatic carbocycles. The van der Waals surface area contributed by atoms with Crippen LogP contribution < -0.4 is 10.1 Å². The number of anilines is 2. The van der Waals surface area contributed by atoms with Crippen molar-refractivity contribution in [2.45, 2.75) is 18.3 Å². The molecule has 0 aromatic heterocycles. The molecule has 2 aliphatic rings. The van der Waals surface area contributed by atoms with Gasteiger partial charge in [0.15, 0.2) is 11.5 Å². The summed E-state index contributed by atoms with van der Waals surface area (Å²) in [6.07, 6.45) is -4.47. The molecular weight excluding hydrogens is 409 g/mol. The Morgan fingerprint density at radius 2 is 1.76 bits per heavy atom. The first-order valence-electron chi connectivity index (χ1n) is 9.03. The zero-order valence-corrected chi connectivity index (χ0v) is 16.3. The molecule has 2 aromatic rings. The van der Waals surface area contributed by atoms with Crippen LogP contribution >= 0.6 is 0 Å². The molecule has 0 aliphatic carbocycles. The lowest BCUT2D eigenvalue weighted by atomic mass is 10.1. The van der Waals surface area contributed by atoms with E-state index in [1.165, 1.54) is 10.4 Å². The molecule has 1 atom stereocenters. The monoisotopic (exact) mass is 428 g/mol. The number of morpholine rings is 1. The maximum absolute atomic E-state index is 12.9. The van der Waals surface area contributed by atoms with Crippen molar-refractivity contribution in [2.75, 3.05) is 31.6 Å². The molecule has 1 N–H and O–H groups in total. The maximum atomic E-state index is 12.9. The summed E-state index contributed by atoms with van der Waals surface area (Å²) in [4.78, 5) is 0. The molecule has 1 unspecified atom stereocenters. The van der Waals surface area contributed by atoms with E-state index in [-0.39, 0.29) is 5.75 Å². The molecule has 0 radical (unpaired) electrons. The topological polar surface area (TPSA) is 67.9 Å². The largest absolute Gasteiger partial charge is 0.453 e. The molecule has 2 heterocycles. The second-order valence-electron chi connectivity index (χ2n) is 6.89. The van der Waals surface area contributed by atoms with Gasteiger partial charge in [0.2, 0.25) is 10.0 Å². The Kier molecular flexibility index (Phi) is 4.96. The number of fused-ring (bicyclic) bond motifs is 2. The first-order chi connectivity index (χ1) is 13.7. The molecule has 29 heavy (non-hydrogen) atoms. The molecule has 2 aliphatic heterocycles. The fourth-order valence-electron chi connectivity index (χ4n) is 3.33. The number of ether oxygens (including phenoxy) is 2. The lowest BCUT2D eigenvalue weighted by molar-refractivity contribution is -0.137. The molecule has 0 amide bonds. The average molecular weight is 428 g/mol. The number of hydrogen-bond acceptors (Lipinski definition) is 5. The first-order valence-corrected chi connectivity index (χ1v) is 10.5. The number of nitrogens with zero attached hydrogens (tertiary/aromatic N) is 1. The summed E-state index contributed by atoms with van der Waals surface area (Å²) in [5.74, 6) is 0.394. The number of sulfonamides is 1. The van der Waals surface area contributed by atoms with Crippen LogP contribution in [0.3, 0.4) is 0 Å². The van der Waals surface area contributed by atoms with E-state index in [1.54, 1.807) is 25.1 Å². The predicted molar refractivity (Wildman–Crippen MR) is 101 cm³/mol. The van der Waals surface area contributed by atoms with Crippen LogP contribution in [0.15, 0.2) is 36.4 Å². The number of nitrogens with one attached hydrogen (secondary N) is 1. The normalized spacial score (nSPS) is 18.2. The molecule has 0 bridgehead atoms. The van der Waals surface area contributed by atoms with Crippen molar-refractivity contribution in [1.82, 2.24) is 4.31 Å². The van der Waals surface area contributed by atoms with Crippen molar-refractivity contribution < 1.29 is 31.1 Å². The van der Waals surface area contributed by atoms with Gasteiger partial charge >= 0.3 is 6.18 Å². The van der Waals surface area contributed by atoms with Crippen molar-refractivity contribution in [3.05, 3.63) is 47.5 Å². The van der Waals surface area contributed by atoms with Gasteiger partial charge in [0.1, 0.15) is 0 Å². The summed E-state index contributed by atoms with van der Waals surface area (Å²) >= 11 is 0. The van der Waals surface area contributed by atoms with Gasteiger partial charge in [-0.1, -0.05) is 6.07 Å². The van der Waals surface area contributed by atoms with Gasteiger partial charge in [-0.2, -0.15) is 17.5 Å². The summed E-state index contributed by atoms with van der Waals surface area (Å²) in [5, 5.41) is 2.23. The quantitative estimate of drug-likeness (QED) is 0.675. The minimum absolute atomic E-state index is 0.0639. The Balaban J connectivity index is 1.60. The lowest BCUT2D eigenvalue weighted by Gasteiger charge is -2.29. The number of halogens is 3. The van der Waals surface area contributed by atoms with Crippen LogP contribution in [0.5, 0.6) is 11.5 Å². The summed E-state index contributed by atoms with van der Waals surface area (Å²) in [7, 11) is -3.56. The molecule has 0 spiro atoms. The predicted octanol–water partition coefficient (Wildman–Crippen LogP) is 4.28. The van der Waals surface area contributed by atoms with Gasteiger partial charge < -0.3 is 14.8 Å². The Hall–Kier alpha value is -2.30. The van der Waals surface area contributed by atoms with Crippen LogP contribution in [-0.2, 0) is 20.9 Å².